The summed E-state index contributed by atoms with van der Waals surface area (Å²) in [6, 6.07) is 5.68. The van der Waals surface area contributed by atoms with E-state index < -0.39 is 9.84 Å². The largest absolute Gasteiger partial charge is 0.330 e. The molecule has 1 aromatic rings. The minimum atomic E-state index is -3.15. The van der Waals surface area contributed by atoms with Gasteiger partial charge in [0.1, 0.15) is 0 Å². The van der Waals surface area contributed by atoms with Crippen molar-refractivity contribution in [1.82, 2.24) is 4.90 Å². The van der Waals surface area contributed by atoms with Crippen molar-refractivity contribution in [2.45, 2.75) is 24.3 Å². The van der Waals surface area contributed by atoms with Crippen molar-refractivity contribution in [1.29, 1.82) is 0 Å². The van der Waals surface area contributed by atoms with Gasteiger partial charge in [0.05, 0.1) is 4.90 Å². The highest BCUT2D eigenvalue weighted by Gasteiger charge is 2.31. The molecule has 1 aliphatic heterocycles. The van der Waals surface area contributed by atoms with Crippen molar-refractivity contribution in [3.8, 4) is 0 Å². The highest BCUT2D eigenvalue weighted by Crippen LogP contribution is 2.36. The van der Waals surface area contributed by atoms with Crippen LogP contribution in [0.5, 0.6) is 0 Å². The fourth-order valence-corrected chi connectivity index (χ4v) is 3.50. The Hall–Kier alpha value is -0.910. The molecule has 0 aromatic heterocycles. The van der Waals surface area contributed by atoms with Gasteiger partial charge in [-0.2, -0.15) is 0 Å². The Morgan fingerprint density at radius 1 is 1.42 bits per heavy atom. The van der Waals surface area contributed by atoms with Crippen LogP contribution < -0.4 is 5.73 Å². The van der Waals surface area contributed by atoms with E-state index in [9.17, 15) is 8.42 Å². The van der Waals surface area contributed by atoms with Crippen LogP contribution in [0.3, 0.4) is 0 Å². The molecule has 0 amide bonds. The van der Waals surface area contributed by atoms with Gasteiger partial charge in [0.15, 0.2) is 9.84 Å². The second-order valence-electron chi connectivity index (χ2n) is 5.58. The van der Waals surface area contributed by atoms with Gasteiger partial charge in [0.25, 0.3) is 0 Å². The monoisotopic (exact) mass is 282 g/mol. The Balaban J connectivity index is 2.40. The highest BCUT2D eigenvalue weighted by molar-refractivity contribution is 7.90. The minimum absolute atomic E-state index is 0.273. The van der Waals surface area contributed by atoms with Crippen LogP contribution in [0.4, 0.5) is 0 Å². The Bertz CT molecular complexity index is 569. The number of benzene rings is 1. The van der Waals surface area contributed by atoms with Gasteiger partial charge in [-0.05, 0) is 56.1 Å². The van der Waals surface area contributed by atoms with Crippen LogP contribution in [0.1, 0.15) is 23.6 Å². The molecule has 0 radical (unpaired) electrons. The molecule has 2 N–H and O–H groups in total. The molecule has 106 valence electrons. The zero-order chi connectivity index (χ0) is 14.2. The van der Waals surface area contributed by atoms with Crippen molar-refractivity contribution in [3.63, 3.8) is 0 Å². The van der Waals surface area contributed by atoms with Gasteiger partial charge in [0.2, 0.25) is 0 Å². The predicted octanol–water partition coefficient (Wildman–Crippen LogP) is 1.35. The average molecular weight is 282 g/mol. The quantitative estimate of drug-likeness (QED) is 0.909. The molecule has 1 fully saturated rings. The molecule has 2 atom stereocenters. The summed E-state index contributed by atoms with van der Waals surface area (Å²) in [4.78, 5) is 2.67. The first-order valence-corrected chi connectivity index (χ1v) is 8.43. The number of hydrogen-bond acceptors (Lipinski definition) is 4. The maximum Gasteiger partial charge on any atom is 0.175 e. The summed E-state index contributed by atoms with van der Waals surface area (Å²) >= 11 is 0. The molecule has 2 rings (SSSR count). The summed E-state index contributed by atoms with van der Waals surface area (Å²) < 4.78 is 23.4. The molecule has 1 aromatic carbocycles. The van der Waals surface area contributed by atoms with Crippen LogP contribution in [-0.4, -0.2) is 39.7 Å². The molecule has 0 aliphatic carbocycles. The number of hydrogen-bond donors (Lipinski definition) is 1. The van der Waals surface area contributed by atoms with Crippen LogP contribution in [-0.2, 0) is 9.84 Å². The lowest BCUT2D eigenvalue weighted by molar-refractivity contribution is 0.312. The molecule has 1 saturated heterocycles. The van der Waals surface area contributed by atoms with Crippen LogP contribution in [0, 0.1) is 12.8 Å². The van der Waals surface area contributed by atoms with E-state index in [-0.39, 0.29) is 6.04 Å². The first kappa shape index (κ1) is 14.5. The predicted molar refractivity (Wildman–Crippen MR) is 76.8 cm³/mol. The van der Waals surface area contributed by atoms with Crippen molar-refractivity contribution in [2.24, 2.45) is 11.7 Å². The Kier molecular flexibility index (Phi) is 3.99. The maximum absolute atomic E-state index is 11.7. The maximum atomic E-state index is 11.7. The summed E-state index contributed by atoms with van der Waals surface area (Å²) in [6.45, 7) is 3.69. The van der Waals surface area contributed by atoms with E-state index in [1.807, 2.05) is 19.1 Å². The fourth-order valence-electron chi connectivity index (χ4n) is 2.85. The SMILES string of the molecule is Cc1ccc(S(C)(=O)=O)cc1C1CC(CN)CN1C. The Morgan fingerprint density at radius 3 is 2.63 bits per heavy atom. The minimum Gasteiger partial charge on any atom is -0.330 e. The van der Waals surface area contributed by atoms with Crippen molar-refractivity contribution >= 4 is 9.84 Å². The first-order chi connectivity index (χ1) is 8.82. The number of likely N-dealkylation sites (tertiary alicyclic amines) is 1. The summed E-state index contributed by atoms with van der Waals surface area (Å²) in [5.41, 5.74) is 8.00. The van der Waals surface area contributed by atoms with E-state index in [1.165, 1.54) is 6.26 Å². The van der Waals surface area contributed by atoms with E-state index in [0.717, 1.165) is 24.1 Å². The molecule has 0 spiro atoms. The number of nitrogens with two attached hydrogens (primary N) is 1. The topological polar surface area (TPSA) is 63.4 Å². The van der Waals surface area contributed by atoms with Gasteiger partial charge in [0, 0.05) is 18.8 Å². The molecule has 2 unspecified atom stereocenters. The van der Waals surface area contributed by atoms with E-state index >= 15 is 0 Å². The molecule has 4 nitrogen and oxygen atoms in total. The summed E-state index contributed by atoms with van der Waals surface area (Å²) in [7, 11) is -1.08. The normalized spacial score (nSPS) is 24.8. The van der Waals surface area contributed by atoms with Crippen molar-refractivity contribution in [3.05, 3.63) is 29.3 Å². The molecule has 0 bridgehead atoms. The van der Waals surface area contributed by atoms with Crippen LogP contribution in [0.2, 0.25) is 0 Å². The van der Waals surface area contributed by atoms with E-state index in [2.05, 4.69) is 11.9 Å². The zero-order valence-corrected chi connectivity index (χ0v) is 12.6. The van der Waals surface area contributed by atoms with E-state index in [4.69, 9.17) is 5.73 Å². The van der Waals surface area contributed by atoms with Crippen LogP contribution >= 0.6 is 0 Å². The second-order valence-corrected chi connectivity index (χ2v) is 7.60. The second kappa shape index (κ2) is 5.23. The lowest BCUT2D eigenvalue weighted by Crippen LogP contribution is -2.21. The van der Waals surface area contributed by atoms with Crippen molar-refractivity contribution in [2.75, 3.05) is 26.4 Å². The number of sulfone groups is 1. The number of rotatable bonds is 3. The Labute approximate surface area is 115 Å². The van der Waals surface area contributed by atoms with Gasteiger partial charge in [-0.3, -0.25) is 4.90 Å². The van der Waals surface area contributed by atoms with E-state index in [0.29, 0.717) is 17.4 Å². The summed E-state index contributed by atoms with van der Waals surface area (Å²) in [5, 5.41) is 0. The van der Waals surface area contributed by atoms with Gasteiger partial charge >= 0.3 is 0 Å². The first-order valence-electron chi connectivity index (χ1n) is 6.54. The lowest BCUT2D eigenvalue weighted by atomic mass is 9.96. The van der Waals surface area contributed by atoms with Gasteiger partial charge in [-0.15, -0.1) is 0 Å². The standard InChI is InChI=1S/C14H22N2O2S/c1-10-4-5-12(19(3,17)18)7-13(10)14-6-11(8-15)9-16(14)2/h4-5,7,11,14H,6,8-9,15H2,1-3H3. The molecule has 0 saturated carbocycles. The van der Waals surface area contributed by atoms with Crippen LogP contribution in [0.15, 0.2) is 23.1 Å². The van der Waals surface area contributed by atoms with E-state index in [1.54, 1.807) is 6.07 Å². The average Bonchev–Trinajstić information content (AvgIpc) is 2.69. The fraction of sp³-hybridized carbons (Fsp3) is 0.571. The third-order valence-electron chi connectivity index (χ3n) is 4.01. The summed E-state index contributed by atoms with van der Waals surface area (Å²) in [5.74, 6) is 0.497. The smallest absolute Gasteiger partial charge is 0.175 e. The molecule has 1 aliphatic rings. The Morgan fingerprint density at radius 2 is 2.11 bits per heavy atom. The molecular weight excluding hydrogens is 260 g/mol. The summed E-state index contributed by atoms with van der Waals surface area (Å²) in [6.07, 6.45) is 2.25. The molecule has 5 heteroatoms. The van der Waals surface area contributed by atoms with Gasteiger partial charge in [-0.25, -0.2) is 8.42 Å². The van der Waals surface area contributed by atoms with Gasteiger partial charge < -0.3 is 5.73 Å². The molecular formula is C14H22N2O2S. The van der Waals surface area contributed by atoms with Gasteiger partial charge in [-0.1, -0.05) is 6.07 Å². The lowest BCUT2D eigenvalue weighted by Gasteiger charge is -2.22. The third-order valence-corrected chi connectivity index (χ3v) is 5.12. The molecule has 1 heterocycles. The number of aryl methyl sites for hydroxylation is 1. The number of nitrogens with zero attached hydrogens (tertiary/aromatic N) is 1. The molecule has 19 heavy (non-hydrogen) atoms. The highest BCUT2D eigenvalue weighted by atomic mass is 32.2. The third kappa shape index (κ3) is 2.99. The van der Waals surface area contributed by atoms with Crippen LogP contribution in [0.25, 0.3) is 0 Å². The van der Waals surface area contributed by atoms with Crippen molar-refractivity contribution < 1.29 is 8.42 Å². The zero-order valence-electron chi connectivity index (χ0n) is 11.8.